The zero-order valence-electron chi connectivity index (χ0n) is 42.5. The molecular formula is C48H91N3O6SSi3. The van der Waals surface area contributed by atoms with E-state index in [9.17, 15) is 4.79 Å². The molecule has 1 unspecified atom stereocenters. The van der Waals surface area contributed by atoms with Gasteiger partial charge in [-0.1, -0.05) is 96.4 Å². The highest BCUT2D eigenvalue weighted by molar-refractivity contribution is 7.98. The maximum atomic E-state index is 15.2. The SMILES string of the molecule is CC[Si](CC)(CC)O[C@H]1[C@@H](C)CCC[C@]2(C)[C@H](C[C@@H](/C(C)=C/c3cc(SC)n(C)n3)OC(=O)C[C@H](O[Si](CC)(CC)CC)C(C)(C)C(=O)[C@@H]1C)N2CCO[Si](C)(C)C(C)(C)C. The van der Waals surface area contributed by atoms with Crippen LogP contribution >= 0.6 is 11.8 Å². The molecule has 13 heteroatoms. The Morgan fingerprint density at radius 1 is 0.967 bits per heavy atom. The molecule has 2 aliphatic heterocycles. The second-order valence-corrected chi connectivity index (χ2v) is 36.2. The Morgan fingerprint density at radius 2 is 1.52 bits per heavy atom. The highest BCUT2D eigenvalue weighted by atomic mass is 32.2. The maximum Gasteiger partial charge on any atom is 0.309 e. The van der Waals surface area contributed by atoms with Gasteiger partial charge in [0.05, 0.1) is 29.3 Å². The molecule has 61 heavy (non-hydrogen) atoms. The van der Waals surface area contributed by atoms with Crippen molar-refractivity contribution in [3.63, 3.8) is 0 Å². The predicted molar refractivity (Wildman–Crippen MR) is 265 cm³/mol. The van der Waals surface area contributed by atoms with Crippen molar-refractivity contribution < 1.29 is 27.6 Å². The number of rotatable bonds is 17. The third kappa shape index (κ3) is 12.8. The quantitative estimate of drug-likeness (QED) is 0.0655. The average molecular weight is 923 g/mol. The van der Waals surface area contributed by atoms with E-state index in [0.717, 1.165) is 78.4 Å². The third-order valence-corrected chi connectivity index (χ3v) is 30.8. The van der Waals surface area contributed by atoms with Crippen molar-refractivity contribution in [3.05, 3.63) is 17.3 Å². The fourth-order valence-corrected chi connectivity index (χ4v) is 17.4. The molecule has 3 rings (SSSR count). The van der Waals surface area contributed by atoms with Crippen molar-refractivity contribution in [1.29, 1.82) is 0 Å². The average Bonchev–Trinajstić information content (AvgIpc) is 3.55. The van der Waals surface area contributed by atoms with Gasteiger partial charge in [0, 0.05) is 49.5 Å². The van der Waals surface area contributed by atoms with Gasteiger partial charge in [0.15, 0.2) is 25.0 Å². The Kier molecular flexibility index (Phi) is 19.5. The number of nitrogens with zero attached hydrogens (tertiary/aromatic N) is 3. The summed E-state index contributed by atoms with van der Waals surface area (Å²) in [5, 5.41) is 5.99. The van der Waals surface area contributed by atoms with Gasteiger partial charge in [0.2, 0.25) is 0 Å². The maximum absolute atomic E-state index is 15.2. The van der Waals surface area contributed by atoms with Crippen LogP contribution in [0.3, 0.4) is 0 Å². The van der Waals surface area contributed by atoms with Crippen LogP contribution in [0.25, 0.3) is 6.08 Å². The first-order valence-corrected chi connectivity index (χ1v) is 33.3. The van der Waals surface area contributed by atoms with E-state index in [0.29, 0.717) is 13.0 Å². The highest BCUT2D eigenvalue weighted by Crippen LogP contribution is 2.49. The second kappa shape index (κ2) is 21.9. The molecule has 8 atom stereocenters. The summed E-state index contributed by atoms with van der Waals surface area (Å²) in [6.07, 6.45) is 6.57. The zero-order chi connectivity index (χ0) is 46.4. The lowest BCUT2D eigenvalue weighted by molar-refractivity contribution is -0.153. The summed E-state index contributed by atoms with van der Waals surface area (Å²) in [5.74, 6) is -0.349. The molecule has 3 heterocycles. The van der Waals surface area contributed by atoms with Crippen molar-refractivity contribution in [3.8, 4) is 0 Å². The van der Waals surface area contributed by atoms with E-state index in [1.807, 2.05) is 25.6 Å². The van der Waals surface area contributed by atoms with Crippen LogP contribution in [0.4, 0.5) is 0 Å². The minimum atomic E-state index is -2.27. The van der Waals surface area contributed by atoms with Crippen LogP contribution in [0.15, 0.2) is 16.7 Å². The number of esters is 1. The van der Waals surface area contributed by atoms with Crippen LogP contribution < -0.4 is 0 Å². The van der Waals surface area contributed by atoms with Gasteiger partial charge >= 0.3 is 5.97 Å². The smallest absolute Gasteiger partial charge is 0.309 e. The Hall–Kier alpha value is -1.07. The fraction of sp³-hybridized carbons (Fsp3) is 0.854. The molecule has 1 aromatic rings. The molecular weight excluding hydrogens is 831 g/mol. The molecule has 2 aliphatic rings. The lowest BCUT2D eigenvalue weighted by Crippen LogP contribution is -2.53. The first-order valence-electron chi connectivity index (χ1n) is 24.1. The van der Waals surface area contributed by atoms with Crippen LogP contribution in [-0.4, -0.2) is 101 Å². The summed E-state index contributed by atoms with van der Waals surface area (Å²) in [6, 6.07) is 8.16. The number of aryl methyl sites for hydroxylation is 1. The lowest BCUT2D eigenvalue weighted by Gasteiger charge is -2.44. The second-order valence-electron chi connectivity index (χ2n) is 21.1. The number of cyclic esters (lactones) is 1. The molecule has 0 N–H and O–H groups in total. The summed E-state index contributed by atoms with van der Waals surface area (Å²) in [6.45, 7) is 39.4. The van der Waals surface area contributed by atoms with Crippen molar-refractivity contribution in [2.24, 2.45) is 24.3 Å². The summed E-state index contributed by atoms with van der Waals surface area (Å²) >= 11 is 1.66. The van der Waals surface area contributed by atoms with E-state index in [-0.39, 0.29) is 52.7 Å². The number of ketones is 1. The molecule has 0 spiro atoms. The minimum absolute atomic E-state index is 0.0227. The standard InChI is InChI=1S/C48H91N3O6SSi3/c1-20-60(21-2,22-3)56-41-34-43(52)55-39(36(8)31-38-32-42(58-17)50(16)49-38)33-40-48(15,51(40)29-30-54-59(18,19)46(10,11)12)28-26-27-35(7)44(37(9)45(53)47(41,13)14)57-61(23-4,24-5)25-6/h31-32,35,37,39-41,44H,20-30,33-34H2,1-19H3/b36-31+/t35-,37+,39-,40-,41-,44-,48+,51?/m0/s1. The molecule has 0 bridgehead atoms. The van der Waals surface area contributed by atoms with E-state index in [4.69, 9.17) is 23.1 Å². The van der Waals surface area contributed by atoms with Gasteiger partial charge in [0.25, 0.3) is 0 Å². The van der Waals surface area contributed by atoms with Crippen LogP contribution in [-0.2, 0) is 34.7 Å². The molecule has 1 aromatic heterocycles. The predicted octanol–water partition coefficient (Wildman–Crippen LogP) is 12.5. The van der Waals surface area contributed by atoms with Crippen molar-refractivity contribution in [2.45, 2.75) is 225 Å². The highest BCUT2D eigenvalue weighted by Gasteiger charge is 2.59. The Labute approximate surface area is 381 Å². The Balaban J connectivity index is 2.19. The fourth-order valence-electron chi connectivity index (χ4n) is 9.83. The number of hydrogen-bond acceptors (Lipinski definition) is 9. The molecule has 0 radical (unpaired) electrons. The zero-order valence-corrected chi connectivity index (χ0v) is 46.3. The number of hydrogen-bond donors (Lipinski definition) is 0. The van der Waals surface area contributed by atoms with Crippen molar-refractivity contribution in [1.82, 2.24) is 14.7 Å². The number of carbonyl (C=O) groups is 2. The van der Waals surface area contributed by atoms with Crippen LogP contribution in [0.1, 0.15) is 142 Å². The van der Waals surface area contributed by atoms with E-state index >= 15 is 4.79 Å². The van der Waals surface area contributed by atoms with Crippen LogP contribution in [0.5, 0.6) is 0 Å². The van der Waals surface area contributed by atoms with E-state index in [2.05, 4.69) is 126 Å². The molecule has 2 saturated heterocycles. The van der Waals surface area contributed by atoms with Crippen LogP contribution in [0.2, 0.25) is 54.4 Å². The summed E-state index contributed by atoms with van der Waals surface area (Å²) in [5.41, 5.74) is 0.799. The Bertz CT molecular complexity index is 1600. The van der Waals surface area contributed by atoms with Gasteiger partial charge in [-0.2, -0.15) is 5.10 Å². The molecule has 0 aromatic carbocycles. The number of carbonyl (C=O) groups excluding carboxylic acids is 2. The number of Topliss-reactive ketones (excluding diaryl/α,β-unsaturated/α-hetero) is 1. The van der Waals surface area contributed by atoms with E-state index in [1.54, 1.807) is 11.8 Å². The Morgan fingerprint density at radius 3 is 2.03 bits per heavy atom. The van der Waals surface area contributed by atoms with Gasteiger partial charge in [0.1, 0.15) is 11.9 Å². The third-order valence-electron chi connectivity index (χ3n) is 16.2. The van der Waals surface area contributed by atoms with E-state index < -0.39 is 42.6 Å². The number of thioether (sulfide) groups is 1. The molecule has 9 nitrogen and oxygen atoms in total. The van der Waals surface area contributed by atoms with Crippen LogP contribution in [0, 0.1) is 17.3 Å². The monoisotopic (exact) mass is 922 g/mol. The molecule has 352 valence electrons. The minimum Gasteiger partial charge on any atom is -0.458 e. The summed E-state index contributed by atoms with van der Waals surface area (Å²) < 4.78 is 30.0. The van der Waals surface area contributed by atoms with Gasteiger partial charge < -0.3 is 18.0 Å². The molecule has 2 fully saturated rings. The number of fused-ring (bicyclic) bond motifs is 1. The largest absolute Gasteiger partial charge is 0.458 e. The molecule has 0 aliphatic carbocycles. The first kappa shape index (κ1) is 54.3. The molecule has 0 amide bonds. The number of aromatic nitrogens is 2. The molecule has 0 saturated carbocycles. The summed E-state index contributed by atoms with van der Waals surface area (Å²) in [7, 11) is -4.32. The topological polar surface area (TPSA) is 91.9 Å². The van der Waals surface area contributed by atoms with Crippen molar-refractivity contribution >= 4 is 54.5 Å². The summed E-state index contributed by atoms with van der Waals surface area (Å²) in [4.78, 5) is 32.5. The van der Waals surface area contributed by atoms with Gasteiger partial charge in [-0.05, 0) is 111 Å². The normalized spacial score (nSPS) is 29.0. The van der Waals surface area contributed by atoms with E-state index in [1.165, 1.54) is 0 Å². The first-order chi connectivity index (χ1) is 28.3. The van der Waals surface area contributed by atoms with Crippen molar-refractivity contribution in [2.75, 3.05) is 19.4 Å². The van der Waals surface area contributed by atoms with Gasteiger partial charge in [-0.3, -0.25) is 19.2 Å². The van der Waals surface area contributed by atoms with Gasteiger partial charge in [-0.25, -0.2) is 0 Å². The van der Waals surface area contributed by atoms with Gasteiger partial charge in [-0.15, -0.1) is 11.8 Å². The lowest BCUT2D eigenvalue weighted by atomic mass is 9.73. The number of ether oxygens (including phenoxy) is 1.